The van der Waals surface area contributed by atoms with Crippen LogP contribution in [0.3, 0.4) is 0 Å². The lowest BCUT2D eigenvalue weighted by atomic mass is 9.89. The van der Waals surface area contributed by atoms with Crippen LogP contribution >= 0.6 is 11.3 Å². The quantitative estimate of drug-likeness (QED) is 0.185. The van der Waals surface area contributed by atoms with Gasteiger partial charge in [-0.2, -0.15) is 0 Å². The summed E-state index contributed by atoms with van der Waals surface area (Å²) >= 11 is 1.84. The van der Waals surface area contributed by atoms with Gasteiger partial charge in [-0.25, -0.2) is 15.0 Å². The van der Waals surface area contributed by atoms with Crippen LogP contribution in [-0.4, -0.2) is 15.0 Å². The van der Waals surface area contributed by atoms with Crippen LogP contribution in [0.4, 0.5) is 0 Å². The van der Waals surface area contributed by atoms with Gasteiger partial charge in [0.25, 0.3) is 0 Å². The van der Waals surface area contributed by atoms with E-state index >= 15 is 0 Å². The molecule has 52 heavy (non-hydrogen) atoms. The minimum Gasteiger partial charge on any atom is -0.455 e. The number of hydrogen-bond acceptors (Lipinski definition) is 5. The lowest BCUT2D eigenvalue weighted by Gasteiger charge is -2.15. The van der Waals surface area contributed by atoms with E-state index in [4.69, 9.17) is 19.4 Å². The Kier molecular flexibility index (Phi) is 6.39. The van der Waals surface area contributed by atoms with Crippen molar-refractivity contribution >= 4 is 75.0 Å². The van der Waals surface area contributed by atoms with Crippen LogP contribution in [0.5, 0.6) is 0 Å². The highest BCUT2D eigenvalue weighted by atomic mass is 32.1. The van der Waals surface area contributed by atoms with Crippen molar-refractivity contribution < 1.29 is 4.42 Å². The van der Waals surface area contributed by atoms with Crippen LogP contribution in [-0.2, 0) is 0 Å². The van der Waals surface area contributed by atoms with Crippen molar-refractivity contribution in [3.63, 3.8) is 0 Å². The predicted octanol–water partition coefficient (Wildman–Crippen LogP) is 13.1. The van der Waals surface area contributed by atoms with Crippen molar-refractivity contribution in [2.45, 2.75) is 0 Å². The zero-order valence-corrected chi connectivity index (χ0v) is 28.6. The molecular weight excluding hydrogens is 655 g/mol. The first-order valence-corrected chi connectivity index (χ1v) is 18.2. The Balaban J connectivity index is 1.20. The van der Waals surface area contributed by atoms with Crippen LogP contribution in [0.25, 0.3) is 109 Å². The number of para-hydroxylation sites is 1. The standard InChI is InChI=1S/C47H27N3OS/c1-3-13-28(14-4-1)45-48-46(29-15-5-2-6-16-29)50-47(49-45)36-26-23-32(30-17-7-8-18-31(30)36)38-27-41-42(37-20-10-12-22-40(37)52-41)43-34(38)24-25-35-33-19-9-11-21-39(33)51-44(35)43/h1-27H. The lowest BCUT2D eigenvalue weighted by Crippen LogP contribution is -2.00. The molecule has 0 N–H and O–H groups in total. The number of aromatic nitrogens is 3. The Bertz CT molecular complexity index is 3120. The summed E-state index contributed by atoms with van der Waals surface area (Å²) < 4.78 is 9.23. The van der Waals surface area contributed by atoms with Gasteiger partial charge < -0.3 is 4.42 Å². The molecule has 5 heteroatoms. The molecule has 0 atom stereocenters. The highest BCUT2D eigenvalue weighted by Crippen LogP contribution is 2.48. The largest absolute Gasteiger partial charge is 0.455 e. The van der Waals surface area contributed by atoms with Crippen molar-refractivity contribution in [3.05, 3.63) is 164 Å². The molecule has 0 radical (unpaired) electrons. The molecule has 8 aromatic carbocycles. The molecule has 242 valence electrons. The molecule has 0 spiro atoms. The fourth-order valence-corrected chi connectivity index (χ4v) is 8.93. The maximum absolute atomic E-state index is 6.72. The van der Waals surface area contributed by atoms with Crippen LogP contribution in [0.1, 0.15) is 0 Å². The Hall–Kier alpha value is -6.69. The topological polar surface area (TPSA) is 51.8 Å². The average molecular weight is 682 g/mol. The SMILES string of the molecule is c1ccc(-c2nc(-c3ccccc3)nc(-c3ccc(-c4cc5sc6ccccc6c5c5c4ccc4c6ccccc6oc45)c4ccccc34)n2)cc1. The fraction of sp³-hybridized carbons (Fsp3) is 0. The molecule has 0 saturated heterocycles. The van der Waals surface area contributed by atoms with Gasteiger partial charge in [-0.05, 0) is 57.6 Å². The lowest BCUT2D eigenvalue weighted by molar-refractivity contribution is 0.673. The van der Waals surface area contributed by atoms with E-state index in [-0.39, 0.29) is 0 Å². The summed E-state index contributed by atoms with van der Waals surface area (Å²) in [4.78, 5) is 15.1. The van der Waals surface area contributed by atoms with Crippen LogP contribution in [0.2, 0.25) is 0 Å². The maximum atomic E-state index is 6.72. The smallest absolute Gasteiger partial charge is 0.164 e. The van der Waals surface area contributed by atoms with E-state index in [9.17, 15) is 0 Å². The number of furan rings is 1. The number of rotatable bonds is 4. The van der Waals surface area contributed by atoms with E-state index in [2.05, 4.69) is 97.1 Å². The summed E-state index contributed by atoms with van der Waals surface area (Å²) in [6.45, 7) is 0. The van der Waals surface area contributed by atoms with Crippen molar-refractivity contribution in [3.8, 4) is 45.3 Å². The fourth-order valence-electron chi connectivity index (χ4n) is 7.78. The van der Waals surface area contributed by atoms with E-state index < -0.39 is 0 Å². The van der Waals surface area contributed by atoms with Crippen LogP contribution in [0, 0.1) is 0 Å². The van der Waals surface area contributed by atoms with Crippen molar-refractivity contribution in [2.75, 3.05) is 0 Å². The molecule has 11 rings (SSSR count). The first kappa shape index (κ1) is 29.1. The van der Waals surface area contributed by atoms with Gasteiger partial charge in [0.2, 0.25) is 0 Å². The number of fused-ring (bicyclic) bond motifs is 10. The van der Waals surface area contributed by atoms with Gasteiger partial charge in [0, 0.05) is 53.0 Å². The molecule has 0 aliphatic heterocycles. The summed E-state index contributed by atoms with van der Waals surface area (Å²) in [5.74, 6) is 1.94. The highest BCUT2D eigenvalue weighted by Gasteiger charge is 2.21. The van der Waals surface area contributed by atoms with Gasteiger partial charge in [0.05, 0.1) is 0 Å². The number of nitrogens with zero attached hydrogens (tertiary/aromatic N) is 3. The van der Waals surface area contributed by atoms with Gasteiger partial charge in [-0.3, -0.25) is 0 Å². The van der Waals surface area contributed by atoms with Gasteiger partial charge in [0.15, 0.2) is 17.5 Å². The Morgan fingerprint density at radius 2 is 0.923 bits per heavy atom. The Morgan fingerprint density at radius 3 is 1.65 bits per heavy atom. The van der Waals surface area contributed by atoms with E-state index in [0.29, 0.717) is 17.5 Å². The van der Waals surface area contributed by atoms with Gasteiger partial charge >= 0.3 is 0 Å². The van der Waals surface area contributed by atoms with Gasteiger partial charge in [-0.15, -0.1) is 11.3 Å². The number of thiophene rings is 1. The summed E-state index contributed by atoms with van der Waals surface area (Å²) in [6.07, 6.45) is 0. The molecular formula is C47H27N3OS. The van der Waals surface area contributed by atoms with Gasteiger partial charge in [0.1, 0.15) is 11.2 Å². The third kappa shape index (κ3) is 4.43. The monoisotopic (exact) mass is 681 g/mol. The maximum Gasteiger partial charge on any atom is 0.164 e. The average Bonchev–Trinajstić information content (AvgIpc) is 3.79. The summed E-state index contributed by atoms with van der Waals surface area (Å²) in [6, 6.07) is 57.2. The van der Waals surface area contributed by atoms with Crippen molar-refractivity contribution in [2.24, 2.45) is 0 Å². The molecule has 0 aliphatic carbocycles. The number of hydrogen-bond donors (Lipinski definition) is 0. The minimum atomic E-state index is 0.643. The minimum absolute atomic E-state index is 0.643. The third-order valence-electron chi connectivity index (χ3n) is 10.1. The first-order valence-electron chi connectivity index (χ1n) is 17.4. The molecule has 0 aliphatic rings. The molecule has 0 amide bonds. The zero-order valence-electron chi connectivity index (χ0n) is 27.7. The molecule has 0 bridgehead atoms. The second-order valence-corrected chi connectivity index (χ2v) is 14.2. The van der Waals surface area contributed by atoms with E-state index in [1.165, 1.54) is 31.1 Å². The summed E-state index contributed by atoms with van der Waals surface area (Å²) in [5.41, 5.74) is 7.02. The third-order valence-corrected chi connectivity index (χ3v) is 11.3. The van der Waals surface area contributed by atoms with E-state index in [0.717, 1.165) is 60.4 Å². The van der Waals surface area contributed by atoms with E-state index in [1.807, 2.05) is 78.1 Å². The molecule has 3 heterocycles. The van der Waals surface area contributed by atoms with Crippen LogP contribution < -0.4 is 0 Å². The summed E-state index contributed by atoms with van der Waals surface area (Å²) in [5, 5.41) is 9.31. The second kappa shape index (κ2) is 11.4. The summed E-state index contributed by atoms with van der Waals surface area (Å²) in [7, 11) is 0. The zero-order chi connectivity index (χ0) is 34.2. The Labute approximate surface area is 302 Å². The van der Waals surface area contributed by atoms with Crippen molar-refractivity contribution in [1.29, 1.82) is 0 Å². The highest BCUT2D eigenvalue weighted by molar-refractivity contribution is 7.26. The first-order chi connectivity index (χ1) is 25.8. The second-order valence-electron chi connectivity index (χ2n) is 13.1. The molecule has 0 unspecified atom stereocenters. The molecule has 11 aromatic rings. The van der Waals surface area contributed by atoms with Crippen LogP contribution in [0.15, 0.2) is 168 Å². The van der Waals surface area contributed by atoms with Gasteiger partial charge in [-0.1, -0.05) is 133 Å². The molecule has 0 fully saturated rings. The number of benzene rings is 8. The Morgan fingerprint density at radius 1 is 0.365 bits per heavy atom. The van der Waals surface area contributed by atoms with Crippen molar-refractivity contribution in [1.82, 2.24) is 15.0 Å². The normalized spacial score (nSPS) is 11.8. The molecule has 4 nitrogen and oxygen atoms in total. The molecule has 0 saturated carbocycles. The van der Waals surface area contributed by atoms with E-state index in [1.54, 1.807) is 0 Å². The molecule has 3 aromatic heterocycles. The predicted molar refractivity (Wildman–Crippen MR) is 217 cm³/mol.